The first-order chi connectivity index (χ1) is 12.5. The SMILES string of the molecule is C=C(/C(=C/CC)C[C@H](C)CC)c1ccccc1/C=C\C.CC.CCCC. The molecule has 1 rings (SSSR count). The molecule has 0 unspecified atom stereocenters. The highest BCUT2D eigenvalue weighted by atomic mass is 14.2. The molecule has 148 valence electrons. The van der Waals surface area contributed by atoms with E-state index in [1.54, 1.807) is 0 Å². The fourth-order valence-electron chi connectivity index (χ4n) is 2.37. The lowest BCUT2D eigenvalue weighted by atomic mass is 9.88. The van der Waals surface area contributed by atoms with Crippen LogP contribution in [-0.2, 0) is 0 Å². The van der Waals surface area contributed by atoms with Crippen LogP contribution in [0.1, 0.15) is 98.6 Å². The quantitative estimate of drug-likeness (QED) is 0.407. The number of unbranched alkanes of at least 4 members (excludes halogenated alkanes) is 1. The zero-order valence-electron chi connectivity index (χ0n) is 18.9. The maximum Gasteiger partial charge on any atom is -0.0115 e. The molecule has 0 spiro atoms. The molecule has 0 radical (unpaired) electrons. The lowest BCUT2D eigenvalue weighted by molar-refractivity contribution is 0.563. The fourth-order valence-corrected chi connectivity index (χ4v) is 2.37. The van der Waals surface area contributed by atoms with Gasteiger partial charge in [0.25, 0.3) is 0 Å². The highest BCUT2D eigenvalue weighted by Gasteiger charge is 2.11. The number of rotatable bonds is 8. The van der Waals surface area contributed by atoms with Gasteiger partial charge in [0.15, 0.2) is 0 Å². The monoisotopic (exact) mass is 356 g/mol. The van der Waals surface area contributed by atoms with Gasteiger partial charge < -0.3 is 0 Å². The Balaban J connectivity index is 0. The summed E-state index contributed by atoms with van der Waals surface area (Å²) in [5, 5.41) is 0. The Morgan fingerprint density at radius 1 is 1.04 bits per heavy atom. The van der Waals surface area contributed by atoms with Gasteiger partial charge in [-0.1, -0.05) is 117 Å². The number of benzene rings is 1. The van der Waals surface area contributed by atoms with Gasteiger partial charge in [0, 0.05) is 0 Å². The highest BCUT2D eigenvalue weighted by molar-refractivity contribution is 5.82. The van der Waals surface area contributed by atoms with Crippen LogP contribution in [0, 0.1) is 5.92 Å². The van der Waals surface area contributed by atoms with Gasteiger partial charge in [0.1, 0.15) is 0 Å². The molecule has 26 heavy (non-hydrogen) atoms. The van der Waals surface area contributed by atoms with Crippen molar-refractivity contribution < 1.29 is 0 Å². The van der Waals surface area contributed by atoms with Crippen LogP contribution >= 0.6 is 0 Å². The van der Waals surface area contributed by atoms with Crippen molar-refractivity contribution in [2.24, 2.45) is 5.92 Å². The summed E-state index contributed by atoms with van der Waals surface area (Å²) in [6, 6.07) is 8.52. The second-order valence-electron chi connectivity index (χ2n) is 6.42. The van der Waals surface area contributed by atoms with Crippen molar-refractivity contribution >= 4 is 11.6 Å². The zero-order valence-corrected chi connectivity index (χ0v) is 18.9. The van der Waals surface area contributed by atoms with Crippen LogP contribution in [0.2, 0.25) is 0 Å². The summed E-state index contributed by atoms with van der Waals surface area (Å²) in [7, 11) is 0. The standard InChI is InChI=1S/C20H28.C4H10.C2H6/c1-6-11-18-13-9-10-14-20(18)17(5)19(12-7-2)15-16(4)8-3;1-3-4-2;1-2/h6,9-14,16H,5,7-8,15H2,1-4H3;3-4H2,1-2H3;1-2H3/b11-6-,19-12+;;/t16-;;/m1../s1. The molecular formula is C26H44. The predicted octanol–water partition coefficient (Wildman–Crippen LogP) is 9.34. The third-order valence-electron chi connectivity index (χ3n) is 4.24. The Bertz CT molecular complexity index is 515. The summed E-state index contributed by atoms with van der Waals surface area (Å²) < 4.78 is 0. The zero-order chi connectivity index (χ0) is 20.4. The van der Waals surface area contributed by atoms with E-state index in [2.05, 4.69) is 90.6 Å². The summed E-state index contributed by atoms with van der Waals surface area (Å²) in [5.74, 6) is 0.707. The van der Waals surface area contributed by atoms with Gasteiger partial charge in [0.2, 0.25) is 0 Å². The molecule has 0 aromatic heterocycles. The van der Waals surface area contributed by atoms with Crippen LogP contribution in [0.25, 0.3) is 11.6 Å². The summed E-state index contributed by atoms with van der Waals surface area (Å²) in [5.41, 5.74) is 5.10. The van der Waals surface area contributed by atoms with Gasteiger partial charge >= 0.3 is 0 Å². The van der Waals surface area contributed by atoms with Gasteiger partial charge in [-0.25, -0.2) is 0 Å². The van der Waals surface area contributed by atoms with Crippen molar-refractivity contribution in [2.45, 2.75) is 87.5 Å². The molecule has 0 fully saturated rings. The third kappa shape index (κ3) is 11.1. The van der Waals surface area contributed by atoms with Crippen LogP contribution in [0.15, 0.2) is 48.6 Å². The second kappa shape index (κ2) is 18.2. The van der Waals surface area contributed by atoms with Crippen molar-refractivity contribution in [1.29, 1.82) is 0 Å². The van der Waals surface area contributed by atoms with Crippen molar-refractivity contribution in [3.8, 4) is 0 Å². The minimum atomic E-state index is 0.707. The molecule has 0 N–H and O–H groups in total. The molecule has 0 aliphatic heterocycles. The van der Waals surface area contributed by atoms with Crippen molar-refractivity contribution in [2.75, 3.05) is 0 Å². The molecule has 0 aliphatic rings. The Kier molecular flexibility index (Phi) is 18.7. The Morgan fingerprint density at radius 3 is 2.08 bits per heavy atom. The number of hydrogen-bond acceptors (Lipinski definition) is 0. The number of hydrogen-bond donors (Lipinski definition) is 0. The van der Waals surface area contributed by atoms with E-state index in [0.29, 0.717) is 5.92 Å². The summed E-state index contributed by atoms with van der Waals surface area (Å²) in [6.45, 7) is 21.6. The largest absolute Gasteiger partial charge is 0.0909 e. The molecule has 0 saturated carbocycles. The molecule has 1 aromatic carbocycles. The van der Waals surface area contributed by atoms with Crippen molar-refractivity contribution in [3.05, 3.63) is 59.7 Å². The van der Waals surface area contributed by atoms with Gasteiger partial charge in [0.05, 0.1) is 0 Å². The van der Waals surface area contributed by atoms with E-state index in [0.717, 1.165) is 12.8 Å². The lowest BCUT2D eigenvalue weighted by Gasteiger charge is -2.17. The Hall–Kier alpha value is -1.56. The molecule has 1 aromatic rings. The highest BCUT2D eigenvalue weighted by Crippen LogP contribution is 2.30. The molecule has 0 aliphatic carbocycles. The summed E-state index contributed by atoms with van der Waals surface area (Å²) in [4.78, 5) is 0. The summed E-state index contributed by atoms with van der Waals surface area (Å²) in [6.07, 6.45) is 12.6. The van der Waals surface area contributed by atoms with Gasteiger partial charge in [-0.05, 0) is 48.0 Å². The average molecular weight is 357 g/mol. The van der Waals surface area contributed by atoms with Crippen LogP contribution in [0.3, 0.4) is 0 Å². The molecule has 1 atom stereocenters. The third-order valence-corrected chi connectivity index (χ3v) is 4.24. The first kappa shape index (κ1) is 26.7. The van der Waals surface area contributed by atoms with E-state index in [1.165, 1.54) is 41.5 Å². The van der Waals surface area contributed by atoms with Crippen LogP contribution in [-0.4, -0.2) is 0 Å². The minimum absolute atomic E-state index is 0.707. The Morgan fingerprint density at radius 2 is 1.62 bits per heavy atom. The summed E-state index contributed by atoms with van der Waals surface area (Å²) >= 11 is 0. The number of allylic oxidation sites excluding steroid dienone is 4. The minimum Gasteiger partial charge on any atom is -0.0909 e. The van der Waals surface area contributed by atoms with E-state index >= 15 is 0 Å². The first-order valence-electron chi connectivity index (χ1n) is 10.7. The van der Waals surface area contributed by atoms with Crippen LogP contribution in [0.5, 0.6) is 0 Å². The fraction of sp³-hybridized carbons (Fsp3) is 0.538. The van der Waals surface area contributed by atoms with E-state index in [-0.39, 0.29) is 0 Å². The lowest BCUT2D eigenvalue weighted by Crippen LogP contribution is -1.99. The van der Waals surface area contributed by atoms with E-state index in [4.69, 9.17) is 0 Å². The molecular weight excluding hydrogens is 312 g/mol. The molecule has 0 heterocycles. The van der Waals surface area contributed by atoms with Crippen LogP contribution in [0.4, 0.5) is 0 Å². The van der Waals surface area contributed by atoms with Gasteiger partial charge in [-0.15, -0.1) is 0 Å². The normalized spacial score (nSPS) is 11.9. The first-order valence-corrected chi connectivity index (χ1v) is 10.7. The average Bonchev–Trinajstić information content (AvgIpc) is 2.69. The smallest absolute Gasteiger partial charge is 0.0115 e. The maximum absolute atomic E-state index is 4.37. The molecule has 0 amide bonds. The van der Waals surface area contributed by atoms with E-state index < -0.39 is 0 Å². The van der Waals surface area contributed by atoms with Crippen LogP contribution < -0.4 is 0 Å². The van der Waals surface area contributed by atoms with Gasteiger partial charge in [-0.2, -0.15) is 0 Å². The molecule has 0 bridgehead atoms. The topological polar surface area (TPSA) is 0 Å². The predicted molar refractivity (Wildman–Crippen MR) is 125 cm³/mol. The van der Waals surface area contributed by atoms with Crippen molar-refractivity contribution in [3.63, 3.8) is 0 Å². The van der Waals surface area contributed by atoms with E-state index in [9.17, 15) is 0 Å². The molecule has 0 saturated heterocycles. The van der Waals surface area contributed by atoms with Gasteiger partial charge in [-0.3, -0.25) is 0 Å². The Labute approximate surface area is 165 Å². The van der Waals surface area contributed by atoms with Crippen molar-refractivity contribution in [1.82, 2.24) is 0 Å². The second-order valence-corrected chi connectivity index (χ2v) is 6.42. The molecule has 0 heteroatoms. The van der Waals surface area contributed by atoms with E-state index in [1.807, 2.05) is 13.8 Å². The maximum atomic E-state index is 4.37. The molecule has 0 nitrogen and oxygen atoms in total.